The lowest BCUT2D eigenvalue weighted by molar-refractivity contribution is -0.129. The highest BCUT2D eigenvalue weighted by molar-refractivity contribution is 6.31. The first-order valence-corrected chi connectivity index (χ1v) is 11.0. The number of carbonyl (C=O) groups is 2. The molecular weight excluding hydrogens is 430 g/mol. The molecule has 8 heteroatoms. The molecule has 0 fully saturated rings. The highest BCUT2D eigenvalue weighted by Gasteiger charge is 2.13. The summed E-state index contributed by atoms with van der Waals surface area (Å²) in [5.41, 5.74) is 5.28. The standard InChI is InChI=1S/C24H28ClN3O4/c1-32-22-13-17(24(30)26-11-5-3-2-4-6-23(29)28-31)8-7-16(22)12-18-15-27-21-10-9-19(25)14-20(18)21/h7-10,13-15,27,31H,2-6,11-12H2,1H3,(H,26,30)(H,28,29). The Morgan fingerprint density at radius 2 is 1.88 bits per heavy atom. The first-order valence-electron chi connectivity index (χ1n) is 10.7. The molecule has 0 saturated carbocycles. The number of nitrogens with one attached hydrogen (secondary N) is 3. The Morgan fingerprint density at radius 3 is 2.66 bits per heavy atom. The van der Waals surface area contributed by atoms with Crippen LogP contribution in [-0.4, -0.2) is 35.7 Å². The van der Waals surface area contributed by atoms with Crippen molar-refractivity contribution in [2.75, 3.05) is 13.7 Å². The minimum absolute atomic E-state index is 0.145. The summed E-state index contributed by atoms with van der Waals surface area (Å²) in [5.74, 6) is 0.147. The number of hydroxylamine groups is 1. The van der Waals surface area contributed by atoms with Crippen LogP contribution < -0.4 is 15.5 Å². The van der Waals surface area contributed by atoms with Crippen molar-refractivity contribution in [2.45, 2.75) is 38.5 Å². The summed E-state index contributed by atoms with van der Waals surface area (Å²) < 4.78 is 5.55. The van der Waals surface area contributed by atoms with Crippen molar-refractivity contribution in [3.63, 3.8) is 0 Å². The summed E-state index contributed by atoms with van der Waals surface area (Å²) in [4.78, 5) is 26.7. The summed E-state index contributed by atoms with van der Waals surface area (Å²) in [6.45, 7) is 0.561. The molecule has 0 unspecified atom stereocenters. The van der Waals surface area contributed by atoms with Crippen LogP contribution in [0.5, 0.6) is 5.75 Å². The SMILES string of the molecule is COc1cc(C(=O)NCCCCCCC(=O)NO)ccc1Cc1c[nH]c2ccc(Cl)cc12. The third-order valence-corrected chi connectivity index (χ3v) is 5.64. The number of halogens is 1. The van der Waals surface area contributed by atoms with Gasteiger partial charge in [-0.15, -0.1) is 0 Å². The van der Waals surface area contributed by atoms with Gasteiger partial charge in [0.15, 0.2) is 0 Å². The zero-order chi connectivity index (χ0) is 22.9. The fourth-order valence-electron chi connectivity index (χ4n) is 3.66. The quantitative estimate of drug-likeness (QED) is 0.192. The number of methoxy groups -OCH3 is 1. The van der Waals surface area contributed by atoms with Crippen molar-refractivity contribution in [3.05, 3.63) is 64.3 Å². The Labute approximate surface area is 192 Å². The van der Waals surface area contributed by atoms with Crippen molar-refractivity contribution in [3.8, 4) is 5.75 Å². The van der Waals surface area contributed by atoms with Gasteiger partial charge in [0.25, 0.3) is 5.91 Å². The average molecular weight is 458 g/mol. The second kappa shape index (κ2) is 11.5. The molecule has 0 radical (unpaired) electrons. The number of aromatic amines is 1. The van der Waals surface area contributed by atoms with E-state index in [9.17, 15) is 9.59 Å². The molecule has 3 rings (SSSR count). The van der Waals surface area contributed by atoms with Gasteiger partial charge in [0.2, 0.25) is 5.91 Å². The first-order chi connectivity index (χ1) is 15.5. The fraction of sp³-hybridized carbons (Fsp3) is 0.333. The van der Waals surface area contributed by atoms with E-state index in [1.807, 2.05) is 36.5 Å². The molecule has 0 spiro atoms. The van der Waals surface area contributed by atoms with Crippen LogP contribution in [0.2, 0.25) is 5.02 Å². The van der Waals surface area contributed by atoms with E-state index in [4.69, 9.17) is 21.5 Å². The lowest BCUT2D eigenvalue weighted by atomic mass is 10.0. The number of benzene rings is 2. The number of fused-ring (bicyclic) bond motifs is 1. The number of rotatable bonds is 11. The molecule has 0 aliphatic rings. The van der Waals surface area contributed by atoms with Crippen molar-refractivity contribution < 1.29 is 19.5 Å². The Kier molecular flexibility index (Phi) is 8.53. The van der Waals surface area contributed by atoms with Gasteiger partial charge in [-0.05, 0) is 54.3 Å². The number of unbranched alkanes of at least 4 members (excludes halogenated alkanes) is 3. The zero-order valence-electron chi connectivity index (χ0n) is 18.0. The smallest absolute Gasteiger partial charge is 0.251 e. The molecule has 0 saturated heterocycles. The summed E-state index contributed by atoms with van der Waals surface area (Å²) in [7, 11) is 1.60. The average Bonchev–Trinajstić information content (AvgIpc) is 3.19. The number of H-pyrrole nitrogens is 1. The van der Waals surface area contributed by atoms with Crippen LogP contribution >= 0.6 is 11.6 Å². The van der Waals surface area contributed by atoms with Crippen molar-refractivity contribution in [1.29, 1.82) is 0 Å². The lowest BCUT2D eigenvalue weighted by Crippen LogP contribution is -2.24. The van der Waals surface area contributed by atoms with Gasteiger partial charge in [-0.25, -0.2) is 5.48 Å². The van der Waals surface area contributed by atoms with Gasteiger partial charge >= 0.3 is 0 Å². The number of carbonyl (C=O) groups excluding carboxylic acids is 2. The minimum atomic E-state index is -0.371. The summed E-state index contributed by atoms with van der Waals surface area (Å²) in [6, 6.07) is 11.2. The predicted octanol–water partition coefficient (Wildman–Crippen LogP) is 4.61. The largest absolute Gasteiger partial charge is 0.496 e. The predicted molar refractivity (Wildman–Crippen MR) is 124 cm³/mol. The van der Waals surface area contributed by atoms with Gasteiger partial charge in [0.1, 0.15) is 5.75 Å². The van der Waals surface area contributed by atoms with E-state index in [0.29, 0.717) is 42.1 Å². The second-order valence-corrected chi connectivity index (χ2v) is 8.10. The highest BCUT2D eigenvalue weighted by atomic mass is 35.5. The van der Waals surface area contributed by atoms with Crippen LogP contribution in [0, 0.1) is 0 Å². The van der Waals surface area contributed by atoms with E-state index in [2.05, 4.69) is 10.3 Å². The van der Waals surface area contributed by atoms with E-state index in [1.165, 1.54) is 0 Å². The third kappa shape index (κ3) is 6.24. The second-order valence-electron chi connectivity index (χ2n) is 7.66. The van der Waals surface area contributed by atoms with Crippen LogP contribution in [0.25, 0.3) is 10.9 Å². The van der Waals surface area contributed by atoms with E-state index in [1.54, 1.807) is 18.7 Å². The van der Waals surface area contributed by atoms with Gasteiger partial charge in [0, 0.05) is 47.1 Å². The molecule has 0 aliphatic heterocycles. The molecule has 0 aliphatic carbocycles. The van der Waals surface area contributed by atoms with E-state index in [0.717, 1.165) is 41.3 Å². The van der Waals surface area contributed by atoms with Gasteiger partial charge in [0.05, 0.1) is 7.11 Å². The van der Waals surface area contributed by atoms with Crippen molar-refractivity contribution in [1.82, 2.24) is 15.8 Å². The first kappa shape index (κ1) is 23.6. The van der Waals surface area contributed by atoms with Crippen molar-refractivity contribution in [2.24, 2.45) is 0 Å². The van der Waals surface area contributed by atoms with E-state index >= 15 is 0 Å². The summed E-state index contributed by atoms with van der Waals surface area (Å²) in [6.07, 6.45) is 6.23. The Morgan fingerprint density at radius 1 is 1.06 bits per heavy atom. The highest BCUT2D eigenvalue weighted by Crippen LogP contribution is 2.28. The van der Waals surface area contributed by atoms with Crippen molar-refractivity contribution >= 4 is 34.3 Å². The maximum absolute atomic E-state index is 12.5. The monoisotopic (exact) mass is 457 g/mol. The van der Waals surface area contributed by atoms with Gasteiger partial charge in [-0.3, -0.25) is 14.8 Å². The molecule has 4 N–H and O–H groups in total. The maximum atomic E-state index is 12.5. The van der Waals surface area contributed by atoms with Crippen LogP contribution in [0.1, 0.15) is 53.6 Å². The lowest BCUT2D eigenvalue weighted by Gasteiger charge is -2.11. The van der Waals surface area contributed by atoms with Crippen LogP contribution in [0.15, 0.2) is 42.6 Å². The van der Waals surface area contributed by atoms with E-state index < -0.39 is 0 Å². The number of hydrogen-bond acceptors (Lipinski definition) is 4. The fourth-order valence-corrected chi connectivity index (χ4v) is 3.83. The minimum Gasteiger partial charge on any atom is -0.496 e. The molecule has 170 valence electrons. The topological polar surface area (TPSA) is 103 Å². The zero-order valence-corrected chi connectivity index (χ0v) is 18.8. The Balaban J connectivity index is 1.54. The van der Waals surface area contributed by atoms with E-state index in [-0.39, 0.29) is 11.8 Å². The number of aromatic nitrogens is 1. The number of ether oxygens (including phenoxy) is 1. The van der Waals surface area contributed by atoms with Crippen LogP contribution in [0.3, 0.4) is 0 Å². The number of amides is 2. The summed E-state index contributed by atoms with van der Waals surface area (Å²) >= 11 is 6.15. The van der Waals surface area contributed by atoms with Gasteiger partial charge < -0.3 is 15.0 Å². The molecule has 0 atom stereocenters. The molecular formula is C24H28ClN3O4. The molecule has 0 bridgehead atoms. The Bertz CT molecular complexity index is 1080. The van der Waals surface area contributed by atoms with Crippen LogP contribution in [0.4, 0.5) is 0 Å². The van der Waals surface area contributed by atoms with Gasteiger partial charge in [-0.1, -0.05) is 30.5 Å². The summed E-state index contributed by atoms with van der Waals surface area (Å²) in [5, 5.41) is 13.1. The molecule has 1 aromatic heterocycles. The molecule has 7 nitrogen and oxygen atoms in total. The molecule has 2 aromatic carbocycles. The van der Waals surface area contributed by atoms with Gasteiger partial charge in [-0.2, -0.15) is 0 Å². The molecule has 3 aromatic rings. The molecule has 32 heavy (non-hydrogen) atoms. The third-order valence-electron chi connectivity index (χ3n) is 5.40. The number of hydrogen-bond donors (Lipinski definition) is 4. The molecule has 2 amide bonds. The molecule has 1 heterocycles. The van der Waals surface area contributed by atoms with Crippen LogP contribution in [-0.2, 0) is 11.2 Å². The normalized spacial score (nSPS) is 10.8. The maximum Gasteiger partial charge on any atom is 0.251 e. The Hall–Kier alpha value is -3.03.